The number of ether oxygens (including phenoxy) is 1. The first-order chi connectivity index (χ1) is 15.5. The number of benzene rings is 1. The second-order valence-corrected chi connectivity index (χ2v) is 7.62. The molecule has 0 saturated heterocycles. The van der Waals surface area contributed by atoms with E-state index in [1.807, 2.05) is 31.2 Å². The van der Waals surface area contributed by atoms with E-state index < -0.39 is 11.2 Å². The molecule has 0 saturated carbocycles. The molecule has 4 rings (SSSR count). The van der Waals surface area contributed by atoms with Gasteiger partial charge in [-0.05, 0) is 35.7 Å². The van der Waals surface area contributed by atoms with Gasteiger partial charge in [0.1, 0.15) is 5.75 Å². The van der Waals surface area contributed by atoms with Gasteiger partial charge in [0.05, 0.1) is 13.7 Å². The summed E-state index contributed by atoms with van der Waals surface area (Å²) >= 11 is 5.93. The highest BCUT2D eigenvalue weighted by molar-refractivity contribution is 6.28. The summed E-state index contributed by atoms with van der Waals surface area (Å²) in [5.74, 6) is 1.33. The molecule has 0 unspecified atom stereocenters. The lowest BCUT2D eigenvalue weighted by Crippen LogP contribution is -2.40. The number of H-pyrrole nitrogens is 1. The Hall–Kier alpha value is -3.47. The van der Waals surface area contributed by atoms with Crippen molar-refractivity contribution in [2.75, 3.05) is 7.11 Å². The van der Waals surface area contributed by atoms with Crippen LogP contribution in [0, 0.1) is 0 Å². The summed E-state index contributed by atoms with van der Waals surface area (Å²) in [5.41, 5.74) is 0.614. The van der Waals surface area contributed by atoms with Gasteiger partial charge in [-0.15, -0.1) is 10.2 Å². The van der Waals surface area contributed by atoms with Gasteiger partial charge in [0.2, 0.25) is 5.28 Å². The Morgan fingerprint density at radius 1 is 1.12 bits per heavy atom. The van der Waals surface area contributed by atoms with Crippen LogP contribution < -0.4 is 16.0 Å². The molecule has 11 nitrogen and oxygen atoms in total. The van der Waals surface area contributed by atoms with Crippen molar-refractivity contribution in [1.82, 2.24) is 39.3 Å². The van der Waals surface area contributed by atoms with E-state index in [0.29, 0.717) is 31.8 Å². The molecule has 0 fully saturated rings. The van der Waals surface area contributed by atoms with Gasteiger partial charge in [-0.25, -0.2) is 4.79 Å². The van der Waals surface area contributed by atoms with Crippen LogP contribution in [-0.4, -0.2) is 46.4 Å². The van der Waals surface area contributed by atoms with Crippen molar-refractivity contribution in [2.24, 2.45) is 0 Å². The first-order valence-corrected chi connectivity index (χ1v) is 10.7. The van der Waals surface area contributed by atoms with Crippen LogP contribution in [0.15, 0.2) is 33.9 Å². The number of para-hydroxylation sites is 1. The van der Waals surface area contributed by atoms with E-state index in [2.05, 4.69) is 25.4 Å². The van der Waals surface area contributed by atoms with Gasteiger partial charge in [0, 0.05) is 25.1 Å². The third-order valence-corrected chi connectivity index (χ3v) is 5.23. The lowest BCUT2D eigenvalue weighted by atomic mass is 10.1. The van der Waals surface area contributed by atoms with Crippen molar-refractivity contribution in [2.45, 2.75) is 45.8 Å². The number of imidazole rings is 1. The zero-order valence-corrected chi connectivity index (χ0v) is 18.5. The maximum atomic E-state index is 12.9. The van der Waals surface area contributed by atoms with Crippen LogP contribution in [0.4, 0.5) is 0 Å². The fourth-order valence-corrected chi connectivity index (χ4v) is 3.77. The van der Waals surface area contributed by atoms with E-state index in [9.17, 15) is 9.59 Å². The van der Waals surface area contributed by atoms with Crippen LogP contribution in [0.5, 0.6) is 5.75 Å². The Kier molecular flexibility index (Phi) is 6.35. The number of fused-ring (bicyclic) bond motifs is 1. The second-order valence-electron chi connectivity index (χ2n) is 7.26. The lowest BCUT2D eigenvalue weighted by Gasteiger charge is -2.10. The Morgan fingerprint density at radius 2 is 1.94 bits per heavy atom. The molecule has 0 bridgehead atoms. The minimum atomic E-state index is -0.444. The fourth-order valence-electron chi connectivity index (χ4n) is 3.59. The minimum Gasteiger partial charge on any atom is -0.496 e. The van der Waals surface area contributed by atoms with Crippen molar-refractivity contribution in [3.63, 3.8) is 0 Å². The van der Waals surface area contributed by atoms with Crippen LogP contribution >= 0.6 is 11.6 Å². The topological polar surface area (TPSA) is 126 Å². The number of rotatable bonds is 9. The largest absolute Gasteiger partial charge is 0.496 e. The van der Waals surface area contributed by atoms with Gasteiger partial charge in [0.15, 0.2) is 17.0 Å². The molecule has 4 aromatic rings. The van der Waals surface area contributed by atoms with Crippen molar-refractivity contribution in [3.05, 3.63) is 61.8 Å². The number of hydrogen-bond acceptors (Lipinski definition) is 7. The van der Waals surface area contributed by atoms with Crippen molar-refractivity contribution in [3.8, 4) is 5.75 Å². The van der Waals surface area contributed by atoms with E-state index in [1.54, 1.807) is 7.11 Å². The smallest absolute Gasteiger partial charge is 0.332 e. The van der Waals surface area contributed by atoms with E-state index in [0.717, 1.165) is 17.7 Å². The molecule has 0 amide bonds. The SMILES string of the molecule is CCCn1c(=O)n(CCCn2nnc(Cc3ccccc3OC)n2)c(=O)c2[nH]c(Cl)nc21. The lowest BCUT2D eigenvalue weighted by molar-refractivity contribution is 0.410. The third-order valence-electron chi connectivity index (χ3n) is 5.05. The zero-order chi connectivity index (χ0) is 22.7. The molecular formula is C20H23ClN8O3. The van der Waals surface area contributed by atoms with Crippen molar-refractivity contribution < 1.29 is 4.74 Å². The number of hydrogen-bond donors (Lipinski definition) is 1. The molecule has 1 aromatic carbocycles. The number of aromatic nitrogens is 8. The van der Waals surface area contributed by atoms with Gasteiger partial charge < -0.3 is 9.72 Å². The standard InChI is InChI=1S/C20H23ClN8O3/c1-3-9-27-17-16(22-19(21)23-17)18(30)28(20(27)31)10-6-11-29-25-15(24-26-29)12-13-7-4-5-8-14(13)32-2/h4-5,7-8H,3,6,9-12H2,1-2H3,(H,22,23). The van der Waals surface area contributed by atoms with Crippen LogP contribution in [0.25, 0.3) is 11.2 Å². The molecule has 0 spiro atoms. The average molecular weight is 459 g/mol. The highest BCUT2D eigenvalue weighted by Gasteiger charge is 2.16. The zero-order valence-electron chi connectivity index (χ0n) is 17.8. The number of nitrogens with one attached hydrogen (secondary N) is 1. The summed E-state index contributed by atoms with van der Waals surface area (Å²) in [4.78, 5) is 34.0. The molecule has 12 heteroatoms. The highest BCUT2D eigenvalue weighted by atomic mass is 35.5. The number of methoxy groups -OCH3 is 1. The number of halogens is 1. The number of aryl methyl sites for hydroxylation is 2. The quantitative estimate of drug-likeness (QED) is 0.378. The summed E-state index contributed by atoms with van der Waals surface area (Å²) < 4.78 is 8.02. The van der Waals surface area contributed by atoms with Gasteiger partial charge in [0.25, 0.3) is 5.56 Å². The van der Waals surface area contributed by atoms with Crippen LogP contribution in [0.1, 0.15) is 31.2 Å². The Bertz CT molecular complexity index is 1350. The summed E-state index contributed by atoms with van der Waals surface area (Å²) in [6, 6.07) is 7.66. The molecule has 168 valence electrons. The summed E-state index contributed by atoms with van der Waals surface area (Å²) in [6.07, 6.45) is 1.68. The molecule has 0 radical (unpaired) electrons. The summed E-state index contributed by atoms with van der Waals surface area (Å²) in [7, 11) is 1.62. The van der Waals surface area contributed by atoms with Crippen LogP contribution in [-0.2, 0) is 26.1 Å². The molecular weight excluding hydrogens is 436 g/mol. The van der Waals surface area contributed by atoms with Gasteiger partial charge in [-0.1, -0.05) is 25.1 Å². The minimum absolute atomic E-state index is 0.0773. The fraction of sp³-hybridized carbons (Fsp3) is 0.400. The second kappa shape index (κ2) is 9.35. The third kappa shape index (κ3) is 4.28. The number of tetrazole rings is 1. The highest BCUT2D eigenvalue weighted by Crippen LogP contribution is 2.19. The molecule has 3 heterocycles. The molecule has 32 heavy (non-hydrogen) atoms. The van der Waals surface area contributed by atoms with Crippen molar-refractivity contribution >= 4 is 22.8 Å². The van der Waals surface area contributed by atoms with Gasteiger partial charge in [-0.3, -0.25) is 13.9 Å². The van der Waals surface area contributed by atoms with Crippen LogP contribution in [0.3, 0.4) is 0 Å². The molecule has 0 aliphatic heterocycles. The maximum Gasteiger partial charge on any atom is 0.332 e. The van der Waals surface area contributed by atoms with Gasteiger partial charge in [-0.2, -0.15) is 9.78 Å². The molecule has 1 N–H and O–H groups in total. The van der Waals surface area contributed by atoms with E-state index >= 15 is 0 Å². The Morgan fingerprint density at radius 3 is 2.72 bits per heavy atom. The summed E-state index contributed by atoms with van der Waals surface area (Å²) in [6.45, 7) is 2.99. The van der Waals surface area contributed by atoms with Crippen LogP contribution in [0.2, 0.25) is 5.28 Å². The number of nitrogens with zero attached hydrogens (tertiary/aromatic N) is 7. The van der Waals surface area contributed by atoms with E-state index in [4.69, 9.17) is 16.3 Å². The maximum absolute atomic E-state index is 12.9. The monoisotopic (exact) mass is 458 g/mol. The van der Waals surface area contributed by atoms with Gasteiger partial charge >= 0.3 is 5.69 Å². The molecule has 0 aliphatic carbocycles. The Balaban J connectivity index is 1.48. The van der Waals surface area contributed by atoms with E-state index in [1.165, 1.54) is 13.9 Å². The first-order valence-electron chi connectivity index (χ1n) is 10.3. The summed E-state index contributed by atoms with van der Waals surface area (Å²) in [5, 5.41) is 12.6. The molecule has 0 aliphatic rings. The van der Waals surface area contributed by atoms with E-state index in [-0.39, 0.29) is 23.0 Å². The molecule has 0 atom stereocenters. The predicted molar refractivity (Wildman–Crippen MR) is 118 cm³/mol. The predicted octanol–water partition coefficient (Wildman–Crippen LogP) is 1.63. The first kappa shape index (κ1) is 21.8. The Labute approximate surface area is 187 Å². The normalized spacial score (nSPS) is 11.3. The van der Waals surface area contributed by atoms with Crippen molar-refractivity contribution in [1.29, 1.82) is 0 Å². The number of aromatic amines is 1. The molecule has 3 aromatic heterocycles. The average Bonchev–Trinajstić information content (AvgIpc) is 3.40.